The highest BCUT2D eigenvalue weighted by atomic mass is 32.2. The summed E-state index contributed by atoms with van der Waals surface area (Å²) in [6.45, 7) is 4.17. The molecule has 0 aliphatic heterocycles. The normalized spacial score (nSPS) is 11.7. The molecule has 0 bridgehead atoms. The molecule has 0 spiro atoms. The Hall–Kier alpha value is -2.91. The van der Waals surface area contributed by atoms with E-state index in [1.807, 2.05) is 6.07 Å². The van der Waals surface area contributed by atoms with E-state index in [4.69, 9.17) is 4.74 Å². The largest absolute Gasteiger partial charge is 0.495 e. The molecule has 0 saturated carbocycles. The van der Waals surface area contributed by atoms with Crippen LogP contribution in [0, 0.1) is 0 Å². The number of benzene rings is 2. The number of amides is 1. The summed E-state index contributed by atoms with van der Waals surface area (Å²) in [4.78, 5) is 12.7. The number of methoxy groups -OCH3 is 1. The lowest BCUT2D eigenvalue weighted by molar-refractivity contribution is 0.102. The third-order valence-electron chi connectivity index (χ3n) is 4.45. The standard InChI is InChI=1S/C19H22N4O4S/c1-4-23(5-2)28(25,26)18-11-13(6-9-17(18)27-3)19(24)21-15-7-8-16-14(10-15)12-20-22-16/h6-12H,4-5H2,1-3H3,(H,20,22)(H,21,24). The predicted octanol–water partition coefficient (Wildman–Crippen LogP) is 2.85. The molecule has 0 saturated heterocycles. The fourth-order valence-corrected chi connectivity index (χ4v) is 4.59. The molecule has 0 fully saturated rings. The summed E-state index contributed by atoms with van der Waals surface area (Å²) in [5.74, 6) is -0.218. The van der Waals surface area contributed by atoms with E-state index in [0.717, 1.165) is 10.9 Å². The zero-order chi connectivity index (χ0) is 20.3. The van der Waals surface area contributed by atoms with E-state index < -0.39 is 15.9 Å². The Morgan fingerprint density at radius 1 is 1.18 bits per heavy atom. The molecule has 0 unspecified atom stereocenters. The minimum Gasteiger partial charge on any atom is -0.495 e. The van der Waals surface area contributed by atoms with Crippen LogP contribution >= 0.6 is 0 Å². The second-order valence-electron chi connectivity index (χ2n) is 6.08. The lowest BCUT2D eigenvalue weighted by Crippen LogP contribution is -2.31. The molecule has 8 nitrogen and oxygen atoms in total. The van der Waals surface area contributed by atoms with Crippen molar-refractivity contribution in [2.45, 2.75) is 18.7 Å². The third-order valence-corrected chi connectivity index (χ3v) is 6.52. The number of fused-ring (bicyclic) bond motifs is 1. The Bertz CT molecular complexity index is 1100. The molecule has 28 heavy (non-hydrogen) atoms. The molecule has 2 N–H and O–H groups in total. The number of nitrogens with zero attached hydrogens (tertiary/aromatic N) is 2. The number of hydrogen-bond donors (Lipinski definition) is 2. The van der Waals surface area contributed by atoms with Gasteiger partial charge in [0.25, 0.3) is 5.91 Å². The van der Waals surface area contributed by atoms with Crippen molar-refractivity contribution < 1.29 is 17.9 Å². The average molecular weight is 402 g/mol. The summed E-state index contributed by atoms with van der Waals surface area (Å²) in [7, 11) is -2.38. The first-order valence-electron chi connectivity index (χ1n) is 8.83. The quantitative estimate of drug-likeness (QED) is 0.632. The van der Waals surface area contributed by atoms with E-state index in [1.54, 1.807) is 32.2 Å². The highest BCUT2D eigenvalue weighted by Gasteiger charge is 2.26. The zero-order valence-electron chi connectivity index (χ0n) is 15.9. The van der Waals surface area contributed by atoms with Gasteiger partial charge in [0.15, 0.2) is 0 Å². The molecule has 0 aliphatic carbocycles. The number of carbonyl (C=O) groups is 1. The number of aromatic amines is 1. The number of sulfonamides is 1. The van der Waals surface area contributed by atoms with Crippen LogP contribution in [0.3, 0.4) is 0 Å². The molecule has 1 aromatic heterocycles. The van der Waals surface area contributed by atoms with Crippen molar-refractivity contribution in [3.8, 4) is 5.75 Å². The third kappa shape index (κ3) is 3.71. The van der Waals surface area contributed by atoms with Crippen LogP contribution < -0.4 is 10.1 Å². The highest BCUT2D eigenvalue weighted by Crippen LogP contribution is 2.28. The van der Waals surface area contributed by atoms with Gasteiger partial charge in [-0.1, -0.05) is 13.8 Å². The number of anilines is 1. The molecule has 2 aromatic carbocycles. The molecule has 9 heteroatoms. The fraction of sp³-hybridized carbons (Fsp3) is 0.263. The van der Waals surface area contributed by atoms with Gasteiger partial charge in [-0.15, -0.1) is 0 Å². The Labute approximate surface area is 163 Å². The van der Waals surface area contributed by atoms with Gasteiger partial charge in [0.1, 0.15) is 10.6 Å². The number of aromatic nitrogens is 2. The van der Waals surface area contributed by atoms with Gasteiger partial charge in [-0.3, -0.25) is 9.89 Å². The summed E-state index contributed by atoms with van der Waals surface area (Å²) in [6.07, 6.45) is 1.66. The Kier molecular flexibility index (Phi) is 5.66. The SMILES string of the molecule is CCN(CC)S(=O)(=O)c1cc(C(=O)Nc2ccc3[nH]ncc3c2)ccc1OC. The summed E-state index contributed by atoms with van der Waals surface area (Å²) >= 11 is 0. The molecule has 3 rings (SSSR count). The smallest absolute Gasteiger partial charge is 0.255 e. The second-order valence-corrected chi connectivity index (χ2v) is 7.99. The van der Waals surface area contributed by atoms with Crippen LogP contribution in [-0.4, -0.2) is 49.0 Å². The summed E-state index contributed by atoms with van der Waals surface area (Å²) < 4.78 is 32.4. The Morgan fingerprint density at radius 2 is 1.93 bits per heavy atom. The molecule has 0 aliphatic rings. The monoisotopic (exact) mass is 402 g/mol. The summed E-state index contributed by atoms with van der Waals surface area (Å²) in [5, 5.41) is 10.4. The molecular formula is C19H22N4O4S. The van der Waals surface area contributed by atoms with Crippen LogP contribution in [0.4, 0.5) is 5.69 Å². The van der Waals surface area contributed by atoms with E-state index in [9.17, 15) is 13.2 Å². The number of H-pyrrole nitrogens is 1. The first-order chi connectivity index (χ1) is 13.4. The van der Waals surface area contributed by atoms with Crippen molar-refractivity contribution in [2.75, 3.05) is 25.5 Å². The van der Waals surface area contributed by atoms with E-state index in [1.165, 1.54) is 29.6 Å². The van der Waals surface area contributed by atoms with E-state index in [2.05, 4.69) is 15.5 Å². The Balaban J connectivity index is 1.94. The minimum atomic E-state index is -3.78. The van der Waals surface area contributed by atoms with Gasteiger partial charge in [-0.2, -0.15) is 9.40 Å². The van der Waals surface area contributed by atoms with Crippen molar-refractivity contribution in [3.63, 3.8) is 0 Å². The molecule has 148 valence electrons. The topological polar surface area (TPSA) is 104 Å². The first kappa shape index (κ1) is 19.8. The van der Waals surface area contributed by atoms with E-state index in [0.29, 0.717) is 18.8 Å². The van der Waals surface area contributed by atoms with Gasteiger partial charge >= 0.3 is 0 Å². The van der Waals surface area contributed by atoms with Crippen molar-refractivity contribution in [1.82, 2.24) is 14.5 Å². The maximum absolute atomic E-state index is 12.9. The number of hydrogen-bond acceptors (Lipinski definition) is 5. The maximum Gasteiger partial charge on any atom is 0.255 e. The van der Waals surface area contributed by atoms with Crippen LogP contribution in [0.15, 0.2) is 47.5 Å². The number of ether oxygens (including phenoxy) is 1. The summed E-state index contributed by atoms with van der Waals surface area (Å²) in [5.41, 5.74) is 1.66. The lowest BCUT2D eigenvalue weighted by Gasteiger charge is -2.20. The maximum atomic E-state index is 12.9. The average Bonchev–Trinajstić information content (AvgIpc) is 3.16. The van der Waals surface area contributed by atoms with E-state index >= 15 is 0 Å². The van der Waals surface area contributed by atoms with Gasteiger partial charge in [-0.05, 0) is 36.4 Å². The van der Waals surface area contributed by atoms with Crippen molar-refractivity contribution >= 4 is 32.5 Å². The van der Waals surface area contributed by atoms with Gasteiger partial charge in [0.2, 0.25) is 10.0 Å². The molecule has 0 atom stereocenters. The summed E-state index contributed by atoms with van der Waals surface area (Å²) in [6, 6.07) is 9.71. The molecule has 0 radical (unpaired) electrons. The fourth-order valence-electron chi connectivity index (χ4n) is 2.95. The van der Waals surface area contributed by atoms with Crippen LogP contribution in [0.1, 0.15) is 24.2 Å². The van der Waals surface area contributed by atoms with Crippen LogP contribution in [-0.2, 0) is 10.0 Å². The highest BCUT2D eigenvalue weighted by molar-refractivity contribution is 7.89. The van der Waals surface area contributed by atoms with Crippen molar-refractivity contribution in [1.29, 1.82) is 0 Å². The van der Waals surface area contributed by atoms with Crippen LogP contribution in [0.5, 0.6) is 5.75 Å². The minimum absolute atomic E-state index is 0.0309. The number of nitrogens with one attached hydrogen (secondary N) is 2. The van der Waals surface area contributed by atoms with Gasteiger partial charge in [-0.25, -0.2) is 8.42 Å². The van der Waals surface area contributed by atoms with Crippen molar-refractivity contribution in [2.24, 2.45) is 0 Å². The van der Waals surface area contributed by atoms with Crippen LogP contribution in [0.2, 0.25) is 0 Å². The first-order valence-corrected chi connectivity index (χ1v) is 10.3. The van der Waals surface area contributed by atoms with Crippen LogP contribution in [0.25, 0.3) is 10.9 Å². The molecule has 1 heterocycles. The van der Waals surface area contributed by atoms with Gasteiger partial charge < -0.3 is 10.1 Å². The second kappa shape index (κ2) is 7.99. The van der Waals surface area contributed by atoms with Gasteiger partial charge in [0, 0.05) is 29.7 Å². The van der Waals surface area contributed by atoms with E-state index in [-0.39, 0.29) is 16.2 Å². The zero-order valence-corrected chi connectivity index (χ0v) is 16.7. The van der Waals surface area contributed by atoms with Gasteiger partial charge in [0.05, 0.1) is 18.8 Å². The predicted molar refractivity (Wildman–Crippen MR) is 107 cm³/mol. The molecule has 3 aromatic rings. The molecular weight excluding hydrogens is 380 g/mol. The van der Waals surface area contributed by atoms with Crippen molar-refractivity contribution in [3.05, 3.63) is 48.2 Å². The Morgan fingerprint density at radius 3 is 2.61 bits per heavy atom. The lowest BCUT2D eigenvalue weighted by atomic mass is 10.2. The number of rotatable bonds is 7. The number of carbonyl (C=O) groups excluding carboxylic acids is 1. The molecule has 1 amide bonds.